The topological polar surface area (TPSA) is 66.2 Å². The number of unbranched alkanes of at least 4 members (excludes halogenated alkanes) is 1. The summed E-state index contributed by atoms with van der Waals surface area (Å²) in [6.07, 6.45) is 4.50. The Labute approximate surface area is 156 Å². The van der Waals surface area contributed by atoms with Gasteiger partial charge in [-0.25, -0.2) is 0 Å². The highest BCUT2D eigenvalue weighted by Crippen LogP contribution is 2.07. The van der Waals surface area contributed by atoms with Gasteiger partial charge in [-0.2, -0.15) is 0 Å². The van der Waals surface area contributed by atoms with Crippen LogP contribution in [0.4, 0.5) is 0 Å². The zero-order valence-corrected chi connectivity index (χ0v) is 16.8. The van der Waals surface area contributed by atoms with Crippen LogP contribution in [0, 0.1) is 0 Å². The Morgan fingerprint density at radius 1 is 0.800 bits per heavy atom. The summed E-state index contributed by atoms with van der Waals surface area (Å²) < 4.78 is 21.9. The summed E-state index contributed by atoms with van der Waals surface area (Å²) in [5.41, 5.74) is 5.89. The van der Waals surface area contributed by atoms with E-state index in [0.717, 1.165) is 52.1 Å². The van der Waals surface area contributed by atoms with E-state index in [-0.39, 0.29) is 1.43 Å². The highest BCUT2D eigenvalue weighted by Gasteiger charge is 2.14. The molecule has 2 N–H and O–H groups in total. The second kappa shape index (κ2) is 20.1. The minimum atomic E-state index is 0. The highest BCUT2D eigenvalue weighted by atomic mass is 16.6. The molecule has 0 saturated carbocycles. The van der Waals surface area contributed by atoms with Gasteiger partial charge in [0.1, 0.15) is 0 Å². The van der Waals surface area contributed by atoms with Crippen molar-refractivity contribution < 1.29 is 20.4 Å². The first-order valence-corrected chi connectivity index (χ1v) is 10.1. The molecule has 25 heavy (non-hydrogen) atoms. The summed E-state index contributed by atoms with van der Waals surface area (Å²) in [7, 11) is 0. The molecule has 0 bridgehead atoms. The predicted octanol–water partition coefficient (Wildman–Crippen LogP) is 2.55. The molecule has 0 aromatic heterocycles. The molecule has 1 aliphatic rings. The summed E-state index contributed by atoms with van der Waals surface area (Å²) in [6, 6.07) is 0.394. The fourth-order valence-corrected chi connectivity index (χ4v) is 2.38. The van der Waals surface area contributed by atoms with E-state index in [9.17, 15) is 0 Å². The third-order valence-electron chi connectivity index (χ3n) is 3.94. The lowest BCUT2D eigenvalue weighted by Crippen LogP contribution is -2.41. The van der Waals surface area contributed by atoms with Crippen LogP contribution in [0.15, 0.2) is 0 Å². The Hall–Kier alpha value is -0.240. The van der Waals surface area contributed by atoms with Gasteiger partial charge in [0.05, 0.1) is 46.2 Å². The van der Waals surface area contributed by atoms with Crippen LogP contribution in [0.2, 0.25) is 0 Å². The molecule has 0 aromatic carbocycles. The fourth-order valence-electron chi connectivity index (χ4n) is 2.38. The Morgan fingerprint density at radius 2 is 1.24 bits per heavy atom. The van der Waals surface area contributed by atoms with Crippen molar-refractivity contribution in [3.63, 3.8) is 0 Å². The molecule has 0 aliphatic carbocycles. The average molecular weight is 365 g/mol. The predicted molar refractivity (Wildman–Crippen MR) is 105 cm³/mol. The molecule has 0 radical (unpaired) electrons. The van der Waals surface area contributed by atoms with Gasteiger partial charge < -0.3 is 29.6 Å². The number of ether oxygens (including phenoxy) is 4. The van der Waals surface area contributed by atoms with E-state index in [1.54, 1.807) is 0 Å². The molecule has 154 valence electrons. The monoisotopic (exact) mass is 364 g/mol. The highest BCUT2D eigenvalue weighted by molar-refractivity contribution is 4.73. The van der Waals surface area contributed by atoms with Crippen molar-refractivity contribution in [1.82, 2.24) is 4.90 Å². The summed E-state index contributed by atoms with van der Waals surface area (Å²) in [5.74, 6) is 0. The second-order valence-electron chi connectivity index (χ2n) is 5.98. The molecule has 1 saturated heterocycles. The second-order valence-corrected chi connectivity index (χ2v) is 5.98. The maximum Gasteiger partial charge on any atom is 0.0701 e. The maximum absolute atomic E-state index is 5.89. The molecular weight excluding hydrogens is 320 g/mol. The molecule has 1 fully saturated rings. The van der Waals surface area contributed by atoms with Gasteiger partial charge in [0.25, 0.3) is 0 Å². The van der Waals surface area contributed by atoms with Crippen LogP contribution in [0.3, 0.4) is 0 Å². The number of piperidine rings is 1. The van der Waals surface area contributed by atoms with Gasteiger partial charge in [-0.05, 0) is 32.4 Å². The number of hydrogen-bond donors (Lipinski definition) is 1. The van der Waals surface area contributed by atoms with Crippen molar-refractivity contribution in [2.24, 2.45) is 5.73 Å². The van der Waals surface area contributed by atoms with E-state index in [1.807, 2.05) is 13.8 Å². The fraction of sp³-hybridized carbons (Fsp3) is 1.00. The van der Waals surface area contributed by atoms with Crippen LogP contribution < -0.4 is 5.73 Å². The maximum atomic E-state index is 5.89. The zero-order valence-electron chi connectivity index (χ0n) is 16.8. The number of likely N-dealkylation sites (tertiary alicyclic amines) is 1. The van der Waals surface area contributed by atoms with Crippen LogP contribution in [-0.4, -0.2) is 83.4 Å². The lowest BCUT2D eigenvalue weighted by atomic mass is 10.1. The van der Waals surface area contributed by atoms with Gasteiger partial charge in [-0.3, -0.25) is 0 Å². The molecule has 0 atom stereocenters. The van der Waals surface area contributed by atoms with E-state index in [0.29, 0.717) is 45.7 Å². The molecule has 0 aromatic rings. The lowest BCUT2D eigenvalue weighted by Gasteiger charge is -2.29. The Kier molecular flexibility index (Phi) is 19.9. The van der Waals surface area contributed by atoms with Crippen LogP contribution in [0.5, 0.6) is 0 Å². The van der Waals surface area contributed by atoms with E-state index < -0.39 is 0 Å². The summed E-state index contributed by atoms with van der Waals surface area (Å²) in [5, 5.41) is 0. The first-order chi connectivity index (χ1) is 12.3. The lowest BCUT2D eigenvalue weighted by molar-refractivity contribution is -0.00458. The van der Waals surface area contributed by atoms with Crippen LogP contribution in [-0.2, 0) is 18.9 Å². The van der Waals surface area contributed by atoms with Crippen molar-refractivity contribution in [2.75, 3.05) is 72.5 Å². The molecular formula is C19H44N2O4. The molecule has 1 heterocycles. The Morgan fingerprint density at radius 3 is 1.72 bits per heavy atom. The first-order valence-electron chi connectivity index (χ1n) is 10.1. The van der Waals surface area contributed by atoms with Crippen molar-refractivity contribution in [1.29, 1.82) is 0 Å². The van der Waals surface area contributed by atoms with Crippen molar-refractivity contribution in [3.8, 4) is 0 Å². The summed E-state index contributed by atoms with van der Waals surface area (Å²) in [6.45, 7) is 14.8. The Bertz CT molecular complexity index is 256. The van der Waals surface area contributed by atoms with Gasteiger partial charge in [-0.15, -0.1) is 0 Å². The normalized spacial score (nSPS) is 15.8. The van der Waals surface area contributed by atoms with Crippen molar-refractivity contribution >= 4 is 0 Å². The molecule has 6 nitrogen and oxygen atoms in total. The van der Waals surface area contributed by atoms with E-state index >= 15 is 0 Å². The molecule has 6 heteroatoms. The quantitative estimate of drug-likeness (QED) is 0.451. The number of rotatable bonds is 15. The smallest absolute Gasteiger partial charge is 0.0701 e. The minimum absolute atomic E-state index is 0. The van der Waals surface area contributed by atoms with Gasteiger partial charge in [0.2, 0.25) is 0 Å². The largest absolute Gasteiger partial charge is 0.379 e. The van der Waals surface area contributed by atoms with Crippen LogP contribution in [0.1, 0.15) is 47.9 Å². The molecule has 1 rings (SSSR count). The van der Waals surface area contributed by atoms with Gasteiger partial charge in [0.15, 0.2) is 0 Å². The van der Waals surface area contributed by atoms with E-state index in [1.165, 1.54) is 6.42 Å². The van der Waals surface area contributed by atoms with Gasteiger partial charge in [-0.1, -0.05) is 27.2 Å². The minimum Gasteiger partial charge on any atom is -0.379 e. The number of nitrogens with zero attached hydrogens (tertiary/aromatic N) is 1. The van der Waals surface area contributed by atoms with Crippen molar-refractivity contribution in [3.05, 3.63) is 0 Å². The molecule has 1 aliphatic heterocycles. The van der Waals surface area contributed by atoms with Gasteiger partial charge >= 0.3 is 0 Å². The summed E-state index contributed by atoms with van der Waals surface area (Å²) >= 11 is 0. The van der Waals surface area contributed by atoms with Crippen LogP contribution in [0.25, 0.3) is 0 Å². The third-order valence-corrected chi connectivity index (χ3v) is 3.94. The molecule has 0 unspecified atom stereocenters. The standard InChI is InChI=1S/C17H36N2O4.C2H6.H2/c1-2-3-9-20-11-13-22-15-16-23-14-12-21-10-8-19-6-4-17(18)5-7-19;1-2;/h17H,2-16,18H2,1H3;1-2H3;1H. The SMILES string of the molecule is CC.CCCCOCCOCCOCCOCCN1CCC(N)CC1.[HH]. The van der Waals surface area contributed by atoms with E-state index in [2.05, 4.69) is 11.8 Å². The van der Waals surface area contributed by atoms with Crippen molar-refractivity contribution in [2.45, 2.75) is 52.5 Å². The number of hydrogen-bond acceptors (Lipinski definition) is 6. The van der Waals surface area contributed by atoms with E-state index in [4.69, 9.17) is 24.7 Å². The average Bonchev–Trinajstić information content (AvgIpc) is 2.65. The summed E-state index contributed by atoms with van der Waals surface area (Å²) in [4.78, 5) is 2.42. The Balaban J connectivity index is 0. The zero-order chi connectivity index (χ0) is 18.6. The third kappa shape index (κ3) is 17.0. The number of nitrogens with two attached hydrogens (primary N) is 1. The molecule has 0 amide bonds. The van der Waals surface area contributed by atoms with Crippen LogP contribution >= 0.6 is 0 Å². The van der Waals surface area contributed by atoms with Gasteiger partial charge in [0, 0.05) is 20.6 Å². The first kappa shape index (κ1) is 24.8. The molecule has 0 spiro atoms.